The van der Waals surface area contributed by atoms with Gasteiger partial charge in [-0.2, -0.15) is 0 Å². The molecule has 1 fully saturated rings. The SMILES string of the molecule is C=C(Cn1ccn(C2CC2)c1=O)C(=O)O. The van der Waals surface area contributed by atoms with E-state index in [0.717, 1.165) is 12.8 Å². The van der Waals surface area contributed by atoms with Crippen LogP contribution in [0, 0.1) is 0 Å². The van der Waals surface area contributed by atoms with Gasteiger partial charge in [-0.3, -0.25) is 9.13 Å². The number of nitrogens with zero attached hydrogens (tertiary/aromatic N) is 2. The molecule has 1 heterocycles. The van der Waals surface area contributed by atoms with E-state index in [1.54, 1.807) is 17.0 Å². The minimum absolute atomic E-state index is 0.0191. The topological polar surface area (TPSA) is 64.2 Å². The fourth-order valence-corrected chi connectivity index (χ4v) is 1.45. The van der Waals surface area contributed by atoms with Crippen LogP contribution in [0.25, 0.3) is 0 Å². The van der Waals surface area contributed by atoms with Crippen molar-refractivity contribution >= 4 is 5.97 Å². The highest BCUT2D eigenvalue weighted by Gasteiger charge is 2.25. The maximum absolute atomic E-state index is 11.7. The van der Waals surface area contributed by atoms with Crippen molar-refractivity contribution in [3.63, 3.8) is 0 Å². The molecule has 0 spiro atoms. The van der Waals surface area contributed by atoms with Crippen molar-refractivity contribution in [2.75, 3.05) is 0 Å². The second kappa shape index (κ2) is 3.42. The zero-order chi connectivity index (χ0) is 11.0. The van der Waals surface area contributed by atoms with Gasteiger partial charge >= 0.3 is 11.7 Å². The predicted molar refractivity (Wildman–Crippen MR) is 53.7 cm³/mol. The summed E-state index contributed by atoms with van der Waals surface area (Å²) in [5, 5.41) is 8.64. The number of carboxylic acids is 1. The molecule has 0 aliphatic heterocycles. The highest BCUT2D eigenvalue weighted by Crippen LogP contribution is 2.33. The average molecular weight is 208 g/mol. The second-order valence-corrected chi connectivity index (χ2v) is 3.76. The molecule has 0 bridgehead atoms. The summed E-state index contributed by atoms with van der Waals surface area (Å²) in [6.07, 6.45) is 5.37. The molecule has 5 nitrogen and oxygen atoms in total. The van der Waals surface area contributed by atoms with E-state index in [0.29, 0.717) is 6.04 Å². The molecule has 0 amide bonds. The summed E-state index contributed by atoms with van der Waals surface area (Å²) in [6.45, 7) is 3.44. The second-order valence-electron chi connectivity index (χ2n) is 3.76. The summed E-state index contributed by atoms with van der Waals surface area (Å²) in [7, 11) is 0. The minimum atomic E-state index is -1.07. The number of hydrogen-bond acceptors (Lipinski definition) is 2. The van der Waals surface area contributed by atoms with Crippen LogP contribution in [-0.2, 0) is 11.3 Å². The van der Waals surface area contributed by atoms with Gasteiger partial charge in [0.05, 0.1) is 6.54 Å². The standard InChI is InChI=1S/C10H12N2O3/c1-7(9(13)14)6-11-4-5-12(10(11)15)8-2-3-8/h4-5,8H,1-3,6H2,(H,13,14). The third-order valence-corrected chi connectivity index (χ3v) is 2.48. The van der Waals surface area contributed by atoms with Crippen LogP contribution in [0.2, 0.25) is 0 Å². The molecule has 1 aliphatic carbocycles. The molecule has 1 N–H and O–H groups in total. The molecule has 0 unspecified atom stereocenters. The van der Waals surface area contributed by atoms with Gasteiger partial charge in [-0.25, -0.2) is 9.59 Å². The van der Waals surface area contributed by atoms with Crippen molar-refractivity contribution in [3.8, 4) is 0 Å². The third-order valence-electron chi connectivity index (χ3n) is 2.48. The van der Waals surface area contributed by atoms with Gasteiger partial charge in [-0.1, -0.05) is 6.58 Å². The average Bonchev–Trinajstić information content (AvgIpc) is 2.95. The van der Waals surface area contributed by atoms with E-state index in [2.05, 4.69) is 6.58 Å². The summed E-state index contributed by atoms with van der Waals surface area (Å²) < 4.78 is 3.02. The fourth-order valence-electron chi connectivity index (χ4n) is 1.45. The van der Waals surface area contributed by atoms with Crippen LogP contribution in [-0.4, -0.2) is 20.2 Å². The van der Waals surface area contributed by atoms with E-state index in [4.69, 9.17) is 5.11 Å². The number of aromatic nitrogens is 2. The van der Waals surface area contributed by atoms with E-state index in [1.165, 1.54) is 4.57 Å². The van der Waals surface area contributed by atoms with Gasteiger partial charge in [0, 0.05) is 24.0 Å². The van der Waals surface area contributed by atoms with Crippen molar-refractivity contribution in [2.24, 2.45) is 0 Å². The van der Waals surface area contributed by atoms with Crippen molar-refractivity contribution < 1.29 is 9.90 Å². The number of aliphatic carboxylic acids is 1. The van der Waals surface area contributed by atoms with Gasteiger partial charge in [-0.05, 0) is 12.8 Å². The van der Waals surface area contributed by atoms with Crippen LogP contribution in [0.1, 0.15) is 18.9 Å². The molecule has 1 aliphatic rings. The lowest BCUT2D eigenvalue weighted by atomic mass is 10.3. The van der Waals surface area contributed by atoms with Gasteiger partial charge in [0.2, 0.25) is 0 Å². The number of rotatable bonds is 4. The Labute approximate surface area is 86.3 Å². The van der Waals surface area contributed by atoms with Crippen LogP contribution >= 0.6 is 0 Å². The van der Waals surface area contributed by atoms with Gasteiger partial charge < -0.3 is 5.11 Å². The van der Waals surface area contributed by atoms with Crippen LogP contribution in [0.3, 0.4) is 0 Å². The molecule has 0 aromatic carbocycles. The molecule has 5 heteroatoms. The van der Waals surface area contributed by atoms with Crippen LogP contribution in [0.15, 0.2) is 29.3 Å². The Morgan fingerprint density at radius 2 is 2.20 bits per heavy atom. The summed E-state index contributed by atoms with van der Waals surface area (Å²) in [5.74, 6) is -1.07. The molecule has 1 saturated carbocycles. The Morgan fingerprint density at radius 1 is 1.53 bits per heavy atom. The zero-order valence-corrected chi connectivity index (χ0v) is 8.22. The van der Waals surface area contributed by atoms with Gasteiger partial charge in [0.15, 0.2) is 0 Å². The Bertz CT molecular complexity index is 465. The summed E-state index contributed by atoms with van der Waals surface area (Å²) in [6, 6.07) is 0.317. The number of imidazole rings is 1. The number of hydrogen-bond donors (Lipinski definition) is 1. The predicted octanol–water partition coefficient (Wildman–Crippen LogP) is 0.625. The van der Waals surface area contributed by atoms with Crippen LogP contribution < -0.4 is 5.69 Å². The van der Waals surface area contributed by atoms with E-state index in [-0.39, 0.29) is 17.8 Å². The van der Waals surface area contributed by atoms with Crippen molar-refractivity contribution in [2.45, 2.75) is 25.4 Å². The van der Waals surface area contributed by atoms with Gasteiger partial charge in [0.25, 0.3) is 0 Å². The maximum atomic E-state index is 11.7. The largest absolute Gasteiger partial charge is 0.478 e. The molecule has 1 aromatic rings. The van der Waals surface area contributed by atoms with E-state index >= 15 is 0 Å². The maximum Gasteiger partial charge on any atom is 0.332 e. The molecule has 0 radical (unpaired) electrons. The molecule has 1 aromatic heterocycles. The zero-order valence-electron chi connectivity index (χ0n) is 8.22. The minimum Gasteiger partial charge on any atom is -0.478 e. The first-order valence-corrected chi connectivity index (χ1v) is 4.78. The summed E-state index contributed by atoms with van der Waals surface area (Å²) in [4.78, 5) is 22.2. The van der Waals surface area contributed by atoms with Gasteiger partial charge in [-0.15, -0.1) is 0 Å². The van der Waals surface area contributed by atoms with Crippen molar-refractivity contribution in [3.05, 3.63) is 35.0 Å². The molecular weight excluding hydrogens is 196 g/mol. The molecular formula is C10H12N2O3. The molecule has 15 heavy (non-hydrogen) atoms. The lowest BCUT2D eigenvalue weighted by Crippen LogP contribution is -2.25. The summed E-state index contributed by atoms with van der Waals surface area (Å²) in [5.41, 5.74) is -0.134. The highest BCUT2D eigenvalue weighted by atomic mass is 16.4. The first-order valence-electron chi connectivity index (χ1n) is 4.78. The number of carbonyl (C=O) groups is 1. The van der Waals surface area contributed by atoms with E-state index < -0.39 is 5.97 Å². The van der Waals surface area contributed by atoms with Crippen LogP contribution in [0.4, 0.5) is 0 Å². The molecule has 80 valence electrons. The smallest absolute Gasteiger partial charge is 0.332 e. The Kier molecular flexibility index (Phi) is 2.22. The summed E-state index contributed by atoms with van der Waals surface area (Å²) >= 11 is 0. The Balaban J connectivity index is 2.19. The van der Waals surface area contributed by atoms with Crippen molar-refractivity contribution in [1.82, 2.24) is 9.13 Å². The van der Waals surface area contributed by atoms with Crippen LogP contribution in [0.5, 0.6) is 0 Å². The first kappa shape index (κ1) is 9.76. The number of carboxylic acid groups (broad SMARTS) is 1. The quantitative estimate of drug-likeness (QED) is 0.738. The van der Waals surface area contributed by atoms with Gasteiger partial charge in [0.1, 0.15) is 0 Å². The normalized spacial score (nSPS) is 15.2. The Hall–Kier alpha value is -1.78. The van der Waals surface area contributed by atoms with E-state index in [1.807, 2.05) is 0 Å². The van der Waals surface area contributed by atoms with Crippen molar-refractivity contribution in [1.29, 1.82) is 0 Å². The molecule has 0 atom stereocenters. The fraction of sp³-hybridized carbons (Fsp3) is 0.400. The third kappa shape index (κ3) is 1.86. The molecule has 0 saturated heterocycles. The Morgan fingerprint density at radius 3 is 2.73 bits per heavy atom. The van der Waals surface area contributed by atoms with E-state index in [9.17, 15) is 9.59 Å². The first-order chi connectivity index (χ1) is 7.09. The lowest BCUT2D eigenvalue weighted by molar-refractivity contribution is -0.132. The monoisotopic (exact) mass is 208 g/mol. The molecule has 2 rings (SSSR count). The lowest BCUT2D eigenvalue weighted by Gasteiger charge is -2.00. The highest BCUT2D eigenvalue weighted by molar-refractivity contribution is 5.85.